The van der Waals surface area contributed by atoms with Crippen molar-refractivity contribution < 1.29 is 14.6 Å². The molecule has 0 aromatic heterocycles. The van der Waals surface area contributed by atoms with Gasteiger partial charge in [0.15, 0.2) is 0 Å². The molecule has 0 unspecified atom stereocenters. The number of rotatable bonds is 4. The summed E-state index contributed by atoms with van der Waals surface area (Å²) in [6, 6.07) is 5.08. The van der Waals surface area contributed by atoms with Crippen molar-refractivity contribution in [2.75, 3.05) is 13.7 Å². The Morgan fingerprint density at radius 2 is 2.18 bits per heavy atom. The van der Waals surface area contributed by atoms with Gasteiger partial charge in [0.2, 0.25) is 0 Å². The van der Waals surface area contributed by atoms with Crippen molar-refractivity contribution in [2.24, 2.45) is 0 Å². The summed E-state index contributed by atoms with van der Waals surface area (Å²) in [6.45, 7) is 3.47. The summed E-state index contributed by atoms with van der Waals surface area (Å²) in [6.07, 6.45) is 0. The van der Waals surface area contributed by atoms with Crippen LogP contribution in [0.2, 0.25) is 0 Å². The van der Waals surface area contributed by atoms with Crippen LogP contribution in [0, 0.1) is 0 Å². The molecule has 17 heavy (non-hydrogen) atoms. The lowest BCUT2D eigenvalue weighted by Gasteiger charge is -2.17. The largest absolute Gasteiger partial charge is 0.496 e. The van der Waals surface area contributed by atoms with Crippen LogP contribution >= 0.6 is 15.9 Å². The van der Waals surface area contributed by atoms with Crippen LogP contribution in [0.5, 0.6) is 5.75 Å². The van der Waals surface area contributed by atoms with Crippen molar-refractivity contribution in [1.82, 2.24) is 5.32 Å². The molecule has 1 aromatic rings. The molecule has 0 saturated carbocycles. The predicted molar refractivity (Wildman–Crippen MR) is 69.3 cm³/mol. The smallest absolute Gasteiger partial charge is 0.251 e. The van der Waals surface area contributed by atoms with Gasteiger partial charge in [-0.05, 0) is 48.0 Å². The molecular weight excluding hydrogens is 286 g/mol. The van der Waals surface area contributed by atoms with Gasteiger partial charge in [0.05, 0.1) is 17.2 Å². The molecule has 0 aliphatic rings. The van der Waals surface area contributed by atoms with E-state index in [0.717, 1.165) is 4.47 Å². The molecule has 0 fully saturated rings. The van der Waals surface area contributed by atoms with Crippen LogP contribution in [0.1, 0.15) is 24.2 Å². The number of amides is 1. The molecule has 0 heterocycles. The number of hydrogen-bond donors (Lipinski definition) is 2. The number of nitrogens with one attached hydrogen (secondary N) is 1. The van der Waals surface area contributed by atoms with Crippen LogP contribution < -0.4 is 10.1 Å². The normalized spacial score (nSPS) is 11.1. The lowest BCUT2D eigenvalue weighted by Crippen LogP contribution is -2.38. The summed E-state index contributed by atoms with van der Waals surface area (Å²) in [5.74, 6) is 0.360. The van der Waals surface area contributed by atoms with Gasteiger partial charge in [0.1, 0.15) is 5.75 Å². The molecule has 5 heteroatoms. The van der Waals surface area contributed by atoms with Crippen LogP contribution in [0.25, 0.3) is 0 Å². The Labute approximate surface area is 109 Å². The highest BCUT2D eigenvalue weighted by Gasteiger charge is 2.15. The van der Waals surface area contributed by atoms with E-state index in [1.807, 2.05) is 0 Å². The number of benzene rings is 1. The van der Waals surface area contributed by atoms with Crippen molar-refractivity contribution in [3.8, 4) is 5.75 Å². The van der Waals surface area contributed by atoms with Gasteiger partial charge in [0, 0.05) is 12.1 Å². The van der Waals surface area contributed by atoms with Crippen LogP contribution in [0.4, 0.5) is 0 Å². The van der Waals surface area contributed by atoms with Crippen LogP contribution in [0.15, 0.2) is 22.7 Å². The van der Waals surface area contributed by atoms with Crippen molar-refractivity contribution in [3.05, 3.63) is 28.2 Å². The quantitative estimate of drug-likeness (QED) is 0.894. The molecule has 0 spiro atoms. The maximum absolute atomic E-state index is 11.8. The molecule has 0 aliphatic heterocycles. The Morgan fingerprint density at radius 1 is 1.53 bits per heavy atom. The van der Waals surface area contributed by atoms with Crippen LogP contribution in [-0.2, 0) is 0 Å². The highest BCUT2D eigenvalue weighted by atomic mass is 79.9. The summed E-state index contributed by atoms with van der Waals surface area (Å²) in [7, 11) is 1.54. The van der Waals surface area contributed by atoms with Gasteiger partial charge in [-0.25, -0.2) is 0 Å². The van der Waals surface area contributed by atoms with E-state index < -0.39 is 5.60 Å². The lowest BCUT2D eigenvalue weighted by atomic mass is 10.1. The van der Waals surface area contributed by atoms with Gasteiger partial charge in [0.25, 0.3) is 5.91 Å². The first-order chi connectivity index (χ1) is 7.83. The molecular formula is C12H16BrNO3. The number of methoxy groups -OCH3 is 1. The Hall–Kier alpha value is -1.07. The van der Waals surface area contributed by atoms with E-state index in [9.17, 15) is 9.90 Å². The zero-order valence-corrected chi connectivity index (χ0v) is 11.7. The van der Waals surface area contributed by atoms with Crippen molar-refractivity contribution >= 4 is 21.8 Å². The fraction of sp³-hybridized carbons (Fsp3) is 0.417. The average molecular weight is 302 g/mol. The molecule has 1 amide bonds. The summed E-state index contributed by atoms with van der Waals surface area (Å²) >= 11 is 3.31. The first kappa shape index (κ1) is 14.0. The standard InChI is InChI=1S/C12H16BrNO3/c1-12(2,16)7-14-11(15)8-4-5-9(13)10(6-8)17-3/h4-6,16H,7H2,1-3H3,(H,14,15). The van der Waals surface area contributed by atoms with Crippen molar-refractivity contribution in [1.29, 1.82) is 0 Å². The minimum atomic E-state index is -0.922. The highest BCUT2D eigenvalue weighted by Crippen LogP contribution is 2.25. The van der Waals surface area contributed by atoms with Gasteiger partial charge in [-0.15, -0.1) is 0 Å². The predicted octanol–water partition coefficient (Wildman–Crippen LogP) is 1.96. The van der Waals surface area contributed by atoms with Crippen molar-refractivity contribution in [3.63, 3.8) is 0 Å². The molecule has 4 nitrogen and oxygen atoms in total. The molecule has 0 radical (unpaired) electrons. The Bertz CT molecular complexity index is 413. The Morgan fingerprint density at radius 3 is 2.71 bits per heavy atom. The van der Waals surface area contributed by atoms with E-state index in [-0.39, 0.29) is 12.5 Å². The maximum Gasteiger partial charge on any atom is 0.251 e. The van der Waals surface area contributed by atoms with E-state index in [0.29, 0.717) is 11.3 Å². The lowest BCUT2D eigenvalue weighted by molar-refractivity contribution is 0.0694. The first-order valence-electron chi connectivity index (χ1n) is 5.17. The fourth-order valence-electron chi connectivity index (χ4n) is 1.20. The molecule has 0 saturated heterocycles. The number of carbonyl (C=O) groups is 1. The average Bonchev–Trinajstić information content (AvgIpc) is 2.25. The summed E-state index contributed by atoms with van der Waals surface area (Å²) in [4.78, 5) is 11.8. The second kappa shape index (κ2) is 5.51. The Balaban J connectivity index is 2.76. The SMILES string of the molecule is COc1cc(C(=O)NCC(C)(C)O)ccc1Br. The molecule has 1 rings (SSSR count). The summed E-state index contributed by atoms with van der Waals surface area (Å²) in [5.41, 5.74) is -0.427. The second-order valence-electron chi connectivity index (χ2n) is 4.34. The highest BCUT2D eigenvalue weighted by molar-refractivity contribution is 9.10. The number of hydrogen-bond acceptors (Lipinski definition) is 3. The third-order valence-corrected chi connectivity index (χ3v) is 2.75. The molecule has 0 aliphatic carbocycles. The molecule has 0 atom stereocenters. The van der Waals surface area contributed by atoms with Gasteiger partial charge < -0.3 is 15.2 Å². The number of halogens is 1. The zero-order valence-electron chi connectivity index (χ0n) is 10.1. The number of carbonyl (C=O) groups excluding carboxylic acids is 1. The zero-order chi connectivity index (χ0) is 13.1. The number of aliphatic hydroxyl groups is 1. The summed E-state index contributed by atoms with van der Waals surface area (Å²) in [5, 5.41) is 12.2. The van der Waals surface area contributed by atoms with E-state index in [1.165, 1.54) is 0 Å². The van der Waals surface area contributed by atoms with E-state index >= 15 is 0 Å². The minimum Gasteiger partial charge on any atom is -0.496 e. The summed E-state index contributed by atoms with van der Waals surface area (Å²) < 4.78 is 5.90. The number of ether oxygens (including phenoxy) is 1. The van der Waals surface area contributed by atoms with Gasteiger partial charge in [-0.2, -0.15) is 0 Å². The van der Waals surface area contributed by atoms with Gasteiger partial charge >= 0.3 is 0 Å². The van der Waals surface area contributed by atoms with E-state index in [2.05, 4.69) is 21.2 Å². The van der Waals surface area contributed by atoms with Crippen molar-refractivity contribution in [2.45, 2.75) is 19.4 Å². The van der Waals surface area contributed by atoms with Gasteiger partial charge in [-0.1, -0.05) is 0 Å². The minimum absolute atomic E-state index is 0.199. The topological polar surface area (TPSA) is 58.6 Å². The Kier molecular flexibility index (Phi) is 4.54. The third kappa shape index (κ3) is 4.36. The second-order valence-corrected chi connectivity index (χ2v) is 5.20. The maximum atomic E-state index is 11.8. The van der Waals surface area contributed by atoms with Crippen LogP contribution in [-0.4, -0.2) is 30.3 Å². The van der Waals surface area contributed by atoms with Gasteiger partial charge in [-0.3, -0.25) is 4.79 Å². The fourth-order valence-corrected chi connectivity index (χ4v) is 1.61. The first-order valence-corrected chi connectivity index (χ1v) is 5.97. The molecule has 94 valence electrons. The molecule has 0 bridgehead atoms. The van der Waals surface area contributed by atoms with E-state index in [1.54, 1.807) is 39.2 Å². The van der Waals surface area contributed by atoms with Crippen LogP contribution in [0.3, 0.4) is 0 Å². The third-order valence-electron chi connectivity index (χ3n) is 2.09. The van der Waals surface area contributed by atoms with E-state index in [4.69, 9.17) is 4.74 Å². The monoisotopic (exact) mass is 301 g/mol. The molecule has 2 N–H and O–H groups in total. The molecule has 1 aromatic carbocycles.